The largest absolute Gasteiger partial charge is 0.479 e. The highest BCUT2D eigenvalue weighted by Gasteiger charge is 2.26. The van der Waals surface area contributed by atoms with Gasteiger partial charge in [-0.1, -0.05) is 0 Å². The van der Waals surface area contributed by atoms with Gasteiger partial charge in [-0.05, 0) is 19.1 Å². The van der Waals surface area contributed by atoms with Crippen molar-refractivity contribution in [2.45, 2.75) is 19.6 Å². The molecule has 1 aromatic rings. The summed E-state index contributed by atoms with van der Waals surface area (Å²) in [4.78, 5) is 12.8. The summed E-state index contributed by atoms with van der Waals surface area (Å²) >= 11 is 0. The van der Waals surface area contributed by atoms with E-state index in [1.54, 1.807) is 0 Å². The van der Waals surface area contributed by atoms with Crippen LogP contribution in [0.5, 0.6) is 0 Å². The minimum absolute atomic E-state index is 0.412. The lowest BCUT2D eigenvalue weighted by molar-refractivity contribution is -0.156. The minimum atomic E-state index is -0.902. The van der Waals surface area contributed by atoms with Gasteiger partial charge in [0.25, 0.3) is 0 Å². The third-order valence-electron chi connectivity index (χ3n) is 2.60. The zero-order chi connectivity index (χ0) is 11.5. The molecule has 1 aliphatic heterocycles. The van der Waals surface area contributed by atoms with Gasteiger partial charge < -0.3 is 14.3 Å². The quantitative estimate of drug-likeness (QED) is 0.827. The molecule has 0 saturated carbocycles. The molecule has 1 saturated heterocycles. The Balaban J connectivity index is 1.92. The number of morpholine rings is 1. The van der Waals surface area contributed by atoms with E-state index in [-0.39, 0.29) is 0 Å². The molecule has 1 unspecified atom stereocenters. The van der Waals surface area contributed by atoms with Crippen LogP contribution in [0.2, 0.25) is 0 Å². The Kier molecular flexibility index (Phi) is 3.26. The van der Waals surface area contributed by atoms with E-state index in [0.29, 0.717) is 19.7 Å². The Bertz CT molecular complexity index is 374. The summed E-state index contributed by atoms with van der Waals surface area (Å²) in [5, 5.41) is 8.85. The van der Waals surface area contributed by atoms with E-state index in [0.717, 1.165) is 18.1 Å². The van der Waals surface area contributed by atoms with E-state index in [1.165, 1.54) is 0 Å². The third kappa shape index (κ3) is 2.62. The molecule has 0 bridgehead atoms. The number of nitrogens with zero attached hydrogens (tertiary/aromatic N) is 1. The molecule has 2 heterocycles. The van der Waals surface area contributed by atoms with Gasteiger partial charge in [0, 0.05) is 13.1 Å². The van der Waals surface area contributed by atoms with Gasteiger partial charge in [0.15, 0.2) is 6.10 Å². The molecule has 0 radical (unpaired) electrons. The highest BCUT2D eigenvalue weighted by atomic mass is 16.5. The fourth-order valence-corrected chi connectivity index (χ4v) is 1.79. The van der Waals surface area contributed by atoms with Crippen LogP contribution in [0.25, 0.3) is 0 Å². The van der Waals surface area contributed by atoms with Gasteiger partial charge >= 0.3 is 5.97 Å². The van der Waals surface area contributed by atoms with Crippen LogP contribution >= 0.6 is 0 Å². The first-order valence-electron chi connectivity index (χ1n) is 5.27. The van der Waals surface area contributed by atoms with Crippen LogP contribution < -0.4 is 0 Å². The summed E-state index contributed by atoms with van der Waals surface area (Å²) in [5.74, 6) is 0.835. The summed E-state index contributed by atoms with van der Waals surface area (Å²) in [5.41, 5.74) is 0. The lowest BCUT2D eigenvalue weighted by Gasteiger charge is -2.29. The number of carboxylic acid groups (broad SMARTS) is 1. The van der Waals surface area contributed by atoms with Gasteiger partial charge in [-0.15, -0.1) is 0 Å². The van der Waals surface area contributed by atoms with Gasteiger partial charge in [0.05, 0.1) is 13.2 Å². The summed E-state index contributed by atoms with van der Waals surface area (Å²) < 4.78 is 10.6. The number of furan rings is 1. The number of aliphatic carboxylic acids is 1. The number of ether oxygens (including phenoxy) is 1. The van der Waals surface area contributed by atoms with Crippen LogP contribution in [0.1, 0.15) is 11.5 Å². The Hall–Kier alpha value is -1.33. The molecule has 1 aliphatic rings. The monoisotopic (exact) mass is 225 g/mol. The second kappa shape index (κ2) is 4.67. The normalized spacial score (nSPS) is 22.2. The van der Waals surface area contributed by atoms with Crippen molar-refractivity contribution in [1.29, 1.82) is 0 Å². The second-order valence-electron chi connectivity index (χ2n) is 3.95. The van der Waals surface area contributed by atoms with E-state index in [9.17, 15) is 4.79 Å². The number of aryl methyl sites for hydroxylation is 1. The van der Waals surface area contributed by atoms with Gasteiger partial charge in [0.1, 0.15) is 11.5 Å². The number of carboxylic acids is 1. The average molecular weight is 225 g/mol. The maximum atomic E-state index is 10.8. The van der Waals surface area contributed by atoms with E-state index < -0.39 is 12.1 Å². The van der Waals surface area contributed by atoms with Crippen molar-refractivity contribution < 1.29 is 19.1 Å². The number of rotatable bonds is 3. The van der Waals surface area contributed by atoms with Crippen LogP contribution in [-0.4, -0.2) is 41.8 Å². The maximum absolute atomic E-state index is 10.8. The summed E-state index contributed by atoms with van der Waals surface area (Å²) in [6, 6.07) is 3.82. The van der Waals surface area contributed by atoms with E-state index in [4.69, 9.17) is 14.3 Å². The molecule has 1 fully saturated rings. The third-order valence-corrected chi connectivity index (χ3v) is 2.60. The molecule has 0 aromatic carbocycles. The van der Waals surface area contributed by atoms with Crippen LogP contribution in [0.3, 0.4) is 0 Å². The van der Waals surface area contributed by atoms with E-state index >= 15 is 0 Å². The first-order chi connectivity index (χ1) is 7.65. The lowest BCUT2D eigenvalue weighted by Crippen LogP contribution is -2.45. The van der Waals surface area contributed by atoms with Crippen molar-refractivity contribution in [2.24, 2.45) is 0 Å². The second-order valence-corrected chi connectivity index (χ2v) is 3.95. The van der Waals surface area contributed by atoms with Gasteiger partial charge in [-0.3, -0.25) is 4.90 Å². The molecule has 1 aromatic heterocycles. The summed E-state index contributed by atoms with van der Waals surface area (Å²) in [6.45, 7) is 4.14. The van der Waals surface area contributed by atoms with Crippen molar-refractivity contribution in [3.05, 3.63) is 23.7 Å². The highest BCUT2D eigenvalue weighted by molar-refractivity contribution is 5.72. The van der Waals surface area contributed by atoms with Crippen molar-refractivity contribution >= 4 is 5.97 Å². The van der Waals surface area contributed by atoms with E-state index in [2.05, 4.69) is 0 Å². The predicted octanol–water partition coefficient (Wildman–Crippen LogP) is 0.873. The molecular weight excluding hydrogens is 210 g/mol. The van der Waals surface area contributed by atoms with Crippen molar-refractivity contribution in [1.82, 2.24) is 4.90 Å². The minimum Gasteiger partial charge on any atom is -0.479 e. The number of hydrogen-bond donors (Lipinski definition) is 1. The molecule has 0 spiro atoms. The fraction of sp³-hybridized carbons (Fsp3) is 0.545. The molecule has 1 N–H and O–H groups in total. The standard InChI is InChI=1S/C11H15NO4/c1-8-2-3-9(16-8)6-12-4-5-15-10(7-12)11(13)14/h2-3,10H,4-7H2,1H3,(H,13,14). The lowest BCUT2D eigenvalue weighted by atomic mass is 10.2. The Labute approximate surface area is 93.6 Å². The smallest absolute Gasteiger partial charge is 0.334 e. The molecular formula is C11H15NO4. The van der Waals surface area contributed by atoms with Crippen molar-refractivity contribution in [2.75, 3.05) is 19.7 Å². The van der Waals surface area contributed by atoms with Crippen molar-refractivity contribution in [3.63, 3.8) is 0 Å². The molecule has 2 rings (SSSR count). The Morgan fingerprint density at radius 2 is 2.44 bits per heavy atom. The fourth-order valence-electron chi connectivity index (χ4n) is 1.79. The predicted molar refractivity (Wildman–Crippen MR) is 56.1 cm³/mol. The van der Waals surface area contributed by atoms with E-state index in [1.807, 2.05) is 24.0 Å². The average Bonchev–Trinajstić information content (AvgIpc) is 2.64. The van der Waals surface area contributed by atoms with Crippen LogP contribution in [0, 0.1) is 6.92 Å². The maximum Gasteiger partial charge on any atom is 0.334 e. The Morgan fingerprint density at radius 1 is 1.62 bits per heavy atom. The van der Waals surface area contributed by atoms with Gasteiger partial charge in [-0.25, -0.2) is 4.79 Å². The van der Waals surface area contributed by atoms with Crippen molar-refractivity contribution in [3.8, 4) is 0 Å². The summed E-state index contributed by atoms with van der Waals surface area (Å²) in [7, 11) is 0. The molecule has 16 heavy (non-hydrogen) atoms. The molecule has 88 valence electrons. The molecule has 5 heteroatoms. The molecule has 0 amide bonds. The number of carbonyl (C=O) groups is 1. The molecule has 5 nitrogen and oxygen atoms in total. The van der Waals surface area contributed by atoms with Crippen LogP contribution in [0.15, 0.2) is 16.5 Å². The number of hydrogen-bond acceptors (Lipinski definition) is 4. The van der Waals surface area contributed by atoms with Crippen LogP contribution in [-0.2, 0) is 16.1 Å². The molecule has 0 aliphatic carbocycles. The van der Waals surface area contributed by atoms with Gasteiger partial charge in [-0.2, -0.15) is 0 Å². The zero-order valence-electron chi connectivity index (χ0n) is 9.18. The molecule has 1 atom stereocenters. The Morgan fingerprint density at radius 3 is 3.06 bits per heavy atom. The van der Waals surface area contributed by atoms with Crippen LogP contribution in [0.4, 0.5) is 0 Å². The first kappa shape index (κ1) is 11.2. The highest BCUT2D eigenvalue weighted by Crippen LogP contribution is 2.13. The topological polar surface area (TPSA) is 62.9 Å². The zero-order valence-corrected chi connectivity index (χ0v) is 9.18. The van der Waals surface area contributed by atoms with Gasteiger partial charge in [0.2, 0.25) is 0 Å². The summed E-state index contributed by atoms with van der Waals surface area (Å²) in [6.07, 6.45) is -0.718. The SMILES string of the molecule is Cc1ccc(CN2CCOC(C(=O)O)C2)o1. The first-order valence-corrected chi connectivity index (χ1v) is 5.27.